The second kappa shape index (κ2) is 8.82. The van der Waals surface area contributed by atoms with Crippen LogP contribution in [-0.2, 0) is 23.9 Å². The Labute approximate surface area is 191 Å². The molecule has 2 aromatic heterocycles. The number of fused-ring (bicyclic) bond motifs is 1. The molecule has 0 fully saturated rings. The van der Waals surface area contributed by atoms with E-state index >= 15 is 0 Å². The maximum Gasteiger partial charge on any atom is 0.416 e. The number of carbonyl (C=O) groups excluding carboxylic acids is 1. The van der Waals surface area contributed by atoms with E-state index in [9.17, 15) is 22.8 Å². The summed E-state index contributed by atoms with van der Waals surface area (Å²) in [5.74, 6) is -0.198. The monoisotopic (exact) mass is 471 g/mol. The smallest absolute Gasteiger partial charge is 0.325 e. The number of rotatable bonds is 5. The molecule has 2 aromatic carbocycles. The molecule has 0 aliphatic carbocycles. The highest BCUT2D eigenvalue weighted by Gasteiger charge is 2.30. The minimum Gasteiger partial charge on any atom is -0.325 e. The van der Waals surface area contributed by atoms with Gasteiger partial charge in [-0.05, 0) is 43.2 Å². The first-order chi connectivity index (χ1) is 15.6. The molecule has 4 aromatic rings. The van der Waals surface area contributed by atoms with Gasteiger partial charge in [0.05, 0.1) is 10.9 Å². The van der Waals surface area contributed by atoms with Crippen molar-refractivity contribution < 1.29 is 18.0 Å². The highest BCUT2D eigenvalue weighted by molar-refractivity contribution is 7.18. The number of nitrogens with zero attached hydrogens (tertiary/aromatic N) is 2. The molecule has 0 spiro atoms. The summed E-state index contributed by atoms with van der Waals surface area (Å²) in [5, 5.41) is 2.92. The molecule has 0 saturated carbocycles. The highest BCUT2D eigenvalue weighted by atomic mass is 32.1. The molecule has 0 saturated heterocycles. The Morgan fingerprint density at radius 3 is 2.52 bits per heavy atom. The van der Waals surface area contributed by atoms with Gasteiger partial charge in [-0.25, -0.2) is 4.98 Å². The van der Waals surface area contributed by atoms with Crippen LogP contribution in [0.5, 0.6) is 0 Å². The summed E-state index contributed by atoms with van der Waals surface area (Å²) in [7, 11) is 0. The van der Waals surface area contributed by atoms with Gasteiger partial charge in [-0.1, -0.05) is 36.4 Å². The maximum absolute atomic E-state index is 13.3. The number of aromatic nitrogens is 2. The van der Waals surface area contributed by atoms with Crippen molar-refractivity contribution in [1.82, 2.24) is 9.55 Å². The van der Waals surface area contributed by atoms with Crippen molar-refractivity contribution in [3.63, 3.8) is 0 Å². The van der Waals surface area contributed by atoms with Crippen LogP contribution >= 0.6 is 11.3 Å². The van der Waals surface area contributed by atoms with Crippen molar-refractivity contribution in [1.29, 1.82) is 0 Å². The Morgan fingerprint density at radius 1 is 1.09 bits per heavy atom. The lowest BCUT2D eigenvalue weighted by atomic mass is 10.1. The summed E-state index contributed by atoms with van der Waals surface area (Å²) >= 11 is 1.42. The van der Waals surface area contributed by atoms with Gasteiger partial charge in [0.2, 0.25) is 5.91 Å². The van der Waals surface area contributed by atoms with Crippen molar-refractivity contribution in [2.75, 3.05) is 5.32 Å². The Bertz CT molecular complexity index is 1390. The molecule has 0 atom stereocenters. The van der Waals surface area contributed by atoms with Gasteiger partial charge in [0, 0.05) is 17.0 Å². The second-order valence-corrected chi connectivity index (χ2v) is 8.88. The predicted octanol–water partition coefficient (Wildman–Crippen LogP) is 5.32. The fourth-order valence-electron chi connectivity index (χ4n) is 3.56. The quantitative estimate of drug-likeness (QED) is 0.428. The molecule has 5 nitrogen and oxygen atoms in total. The minimum absolute atomic E-state index is 0.00378. The van der Waals surface area contributed by atoms with Crippen molar-refractivity contribution in [3.8, 4) is 0 Å². The van der Waals surface area contributed by atoms with Crippen LogP contribution in [-0.4, -0.2) is 15.5 Å². The molecular weight excluding hydrogens is 451 g/mol. The average Bonchev–Trinajstić information content (AvgIpc) is 3.04. The number of amides is 1. The summed E-state index contributed by atoms with van der Waals surface area (Å²) in [6.07, 6.45) is -4.19. The Hall–Kier alpha value is -3.46. The highest BCUT2D eigenvalue weighted by Crippen LogP contribution is 2.31. The summed E-state index contributed by atoms with van der Waals surface area (Å²) in [4.78, 5) is 32.3. The number of thiophene rings is 1. The first kappa shape index (κ1) is 22.7. The average molecular weight is 472 g/mol. The molecule has 0 aliphatic heterocycles. The minimum atomic E-state index is -4.52. The molecule has 0 radical (unpaired) electrons. The van der Waals surface area contributed by atoms with Crippen LogP contribution in [0.15, 0.2) is 59.4 Å². The third-order valence-corrected chi connectivity index (χ3v) is 6.45. The van der Waals surface area contributed by atoms with Crippen LogP contribution < -0.4 is 10.9 Å². The van der Waals surface area contributed by atoms with Gasteiger partial charge in [-0.15, -0.1) is 11.3 Å². The number of aryl methyl sites for hydroxylation is 2. The number of alkyl halides is 3. The van der Waals surface area contributed by atoms with E-state index in [-0.39, 0.29) is 17.8 Å². The van der Waals surface area contributed by atoms with Gasteiger partial charge in [-0.3, -0.25) is 14.2 Å². The van der Waals surface area contributed by atoms with E-state index in [1.54, 1.807) is 0 Å². The number of benzene rings is 2. The first-order valence-corrected chi connectivity index (χ1v) is 11.0. The van der Waals surface area contributed by atoms with Gasteiger partial charge in [0.1, 0.15) is 17.2 Å². The Kier molecular flexibility index (Phi) is 6.07. The normalized spacial score (nSPS) is 11.7. The molecule has 9 heteroatoms. The van der Waals surface area contributed by atoms with Gasteiger partial charge in [-0.2, -0.15) is 13.2 Å². The molecule has 0 bridgehead atoms. The van der Waals surface area contributed by atoms with Crippen molar-refractivity contribution in [2.45, 2.75) is 33.0 Å². The topological polar surface area (TPSA) is 64.0 Å². The zero-order valence-electron chi connectivity index (χ0n) is 17.9. The number of hydrogen-bond acceptors (Lipinski definition) is 4. The zero-order chi connectivity index (χ0) is 23.8. The lowest BCUT2D eigenvalue weighted by Crippen LogP contribution is -2.31. The molecule has 2 heterocycles. The lowest BCUT2D eigenvalue weighted by molar-refractivity contribution is -0.137. The van der Waals surface area contributed by atoms with E-state index in [2.05, 4.69) is 10.3 Å². The fraction of sp³-hybridized carbons (Fsp3) is 0.208. The van der Waals surface area contributed by atoms with E-state index in [0.717, 1.165) is 28.1 Å². The second-order valence-electron chi connectivity index (χ2n) is 7.67. The van der Waals surface area contributed by atoms with Gasteiger partial charge >= 0.3 is 6.18 Å². The number of carbonyl (C=O) groups is 1. The largest absolute Gasteiger partial charge is 0.416 e. The number of anilines is 1. The first-order valence-electron chi connectivity index (χ1n) is 10.1. The van der Waals surface area contributed by atoms with Crippen LogP contribution in [0.4, 0.5) is 18.9 Å². The Morgan fingerprint density at radius 2 is 1.82 bits per heavy atom. The van der Waals surface area contributed by atoms with E-state index < -0.39 is 17.6 Å². The molecular formula is C24H20F3N3O2S. The summed E-state index contributed by atoms with van der Waals surface area (Å²) in [6.45, 7) is 3.37. The third-order valence-electron chi connectivity index (χ3n) is 5.35. The van der Waals surface area contributed by atoms with Crippen molar-refractivity contribution in [2.24, 2.45) is 0 Å². The van der Waals surface area contributed by atoms with Crippen LogP contribution in [0.1, 0.15) is 27.4 Å². The SMILES string of the molecule is Cc1sc2nc(Cc3ccccc3)n(CC(=O)Nc3cccc(C(F)(F)F)c3)c(=O)c2c1C. The van der Waals surface area contributed by atoms with E-state index in [1.165, 1.54) is 28.0 Å². The van der Waals surface area contributed by atoms with Crippen molar-refractivity contribution >= 4 is 33.1 Å². The molecule has 1 N–H and O–H groups in total. The van der Waals surface area contributed by atoms with E-state index in [0.29, 0.717) is 22.5 Å². The van der Waals surface area contributed by atoms with E-state index in [4.69, 9.17) is 0 Å². The molecule has 1 amide bonds. The summed E-state index contributed by atoms with van der Waals surface area (Å²) in [6, 6.07) is 13.8. The van der Waals surface area contributed by atoms with Gasteiger partial charge in [0.25, 0.3) is 5.56 Å². The Balaban J connectivity index is 1.70. The third kappa shape index (κ3) is 4.83. The number of halogens is 3. The fourth-order valence-corrected chi connectivity index (χ4v) is 4.60. The number of hydrogen-bond donors (Lipinski definition) is 1. The van der Waals surface area contributed by atoms with Crippen LogP contribution in [0, 0.1) is 13.8 Å². The summed E-state index contributed by atoms with van der Waals surface area (Å²) < 4.78 is 40.3. The van der Waals surface area contributed by atoms with E-state index in [1.807, 2.05) is 44.2 Å². The number of nitrogens with one attached hydrogen (secondary N) is 1. The zero-order valence-corrected chi connectivity index (χ0v) is 18.7. The molecule has 0 unspecified atom stereocenters. The summed E-state index contributed by atoms with van der Waals surface area (Å²) in [5.41, 5.74) is 0.525. The van der Waals surface area contributed by atoms with Gasteiger partial charge < -0.3 is 5.32 Å². The molecule has 170 valence electrons. The molecule has 4 rings (SSSR count). The van der Waals surface area contributed by atoms with Crippen LogP contribution in [0.25, 0.3) is 10.2 Å². The maximum atomic E-state index is 13.3. The van der Waals surface area contributed by atoms with Crippen LogP contribution in [0.2, 0.25) is 0 Å². The lowest BCUT2D eigenvalue weighted by Gasteiger charge is -2.14. The van der Waals surface area contributed by atoms with Gasteiger partial charge in [0.15, 0.2) is 0 Å². The molecule has 0 aliphatic rings. The van der Waals surface area contributed by atoms with Crippen molar-refractivity contribution in [3.05, 3.63) is 92.3 Å². The van der Waals surface area contributed by atoms with Crippen LogP contribution in [0.3, 0.4) is 0 Å². The molecule has 33 heavy (non-hydrogen) atoms. The standard InChI is InChI=1S/C24H20F3N3O2S/c1-14-15(2)33-22-21(14)23(32)30(19(29-22)11-16-7-4-3-5-8-16)13-20(31)28-18-10-6-9-17(12-18)24(25,26)27/h3-10,12H,11,13H2,1-2H3,(H,28,31). The predicted molar refractivity (Wildman–Crippen MR) is 123 cm³/mol.